The van der Waals surface area contributed by atoms with Gasteiger partial charge in [-0.2, -0.15) is 0 Å². The number of carbonyl (C=O) groups excluding carboxylic acids is 1. The Hall–Kier alpha value is -1.10. The lowest BCUT2D eigenvalue weighted by atomic mass is 9.87. The summed E-state index contributed by atoms with van der Waals surface area (Å²) in [4.78, 5) is 25.1. The number of nitrogens with zero attached hydrogens (tertiary/aromatic N) is 1. The van der Waals surface area contributed by atoms with Crippen LogP contribution in [0, 0.1) is 5.92 Å². The average Bonchev–Trinajstić information content (AvgIpc) is 2.36. The summed E-state index contributed by atoms with van der Waals surface area (Å²) in [5, 5.41) is 9.27. The number of amides is 1. The first kappa shape index (κ1) is 15.0. The van der Waals surface area contributed by atoms with Crippen molar-refractivity contribution in [3.63, 3.8) is 0 Å². The molecule has 1 amide bonds. The molecule has 5 nitrogen and oxygen atoms in total. The van der Waals surface area contributed by atoms with Gasteiger partial charge in [0, 0.05) is 6.54 Å². The number of aliphatic carboxylic acids is 1. The summed E-state index contributed by atoms with van der Waals surface area (Å²) < 4.78 is 0. The van der Waals surface area contributed by atoms with Crippen LogP contribution in [0.2, 0.25) is 0 Å². The van der Waals surface area contributed by atoms with E-state index in [-0.39, 0.29) is 5.91 Å². The summed E-state index contributed by atoms with van der Waals surface area (Å²) in [5.74, 6) is -0.777. The molecular formula is C13H24N2O3. The molecule has 0 aromatic carbocycles. The number of carboxylic acid groups (broad SMARTS) is 1. The molecule has 0 spiro atoms. The third kappa shape index (κ3) is 3.02. The van der Waals surface area contributed by atoms with E-state index in [1.54, 1.807) is 6.92 Å². The number of rotatable bonds is 4. The molecule has 1 heterocycles. The van der Waals surface area contributed by atoms with Gasteiger partial charge in [0.1, 0.15) is 6.04 Å². The van der Waals surface area contributed by atoms with Gasteiger partial charge in [0.05, 0.1) is 5.54 Å². The summed E-state index contributed by atoms with van der Waals surface area (Å²) in [7, 11) is 0. The highest BCUT2D eigenvalue weighted by molar-refractivity contribution is 5.89. The zero-order valence-electron chi connectivity index (χ0n) is 11.5. The van der Waals surface area contributed by atoms with Crippen molar-refractivity contribution >= 4 is 11.9 Å². The Kier molecular flexibility index (Phi) is 4.73. The molecule has 104 valence electrons. The van der Waals surface area contributed by atoms with Crippen LogP contribution in [0.1, 0.15) is 46.5 Å². The minimum absolute atomic E-state index is 0.244. The van der Waals surface area contributed by atoms with Crippen molar-refractivity contribution in [2.24, 2.45) is 11.7 Å². The predicted octanol–water partition coefficient (Wildman–Crippen LogP) is 1.22. The first-order valence-electron chi connectivity index (χ1n) is 6.66. The molecular weight excluding hydrogens is 232 g/mol. The normalized spacial score (nSPS) is 27.7. The van der Waals surface area contributed by atoms with Crippen molar-refractivity contribution in [3.8, 4) is 0 Å². The number of nitrogens with two attached hydrogens (primary N) is 1. The van der Waals surface area contributed by atoms with Crippen molar-refractivity contribution in [2.45, 2.75) is 58.0 Å². The van der Waals surface area contributed by atoms with Crippen LogP contribution >= 0.6 is 0 Å². The Morgan fingerprint density at radius 3 is 2.50 bits per heavy atom. The van der Waals surface area contributed by atoms with Gasteiger partial charge in [-0.05, 0) is 32.1 Å². The third-order valence-corrected chi connectivity index (χ3v) is 4.06. The maximum atomic E-state index is 12.3. The minimum atomic E-state index is -0.966. The van der Waals surface area contributed by atoms with Gasteiger partial charge in [0.25, 0.3) is 0 Å². The fraction of sp³-hybridized carbons (Fsp3) is 0.846. The van der Waals surface area contributed by atoms with Gasteiger partial charge in [-0.25, -0.2) is 4.79 Å². The Morgan fingerprint density at radius 2 is 2.06 bits per heavy atom. The van der Waals surface area contributed by atoms with Crippen molar-refractivity contribution in [3.05, 3.63) is 0 Å². The first-order valence-corrected chi connectivity index (χ1v) is 6.66. The summed E-state index contributed by atoms with van der Waals surface area (Å²) in [6.45, 7) is 6.06. The second-order valence-electron chi connectivity index (χ2n) is 5.42. The van der Waals surface area contributed by atoms with Crippen molar-refractivity contribution < 1.29 is 14.7 Å². The van der Waals surface area contributed by atoms with Gasteiger partial charge >= 0.3 is 5.97 Å². The molecule has 0 bridgehead atoms. The van der Waals surface area contributed by atoms with Gasteiger partial charge < -0.3 is 15.7 Å². The maximum absolute atomic E-state index is 12.3. The fourth-order valence-corrected chi connectivity index (χ4v) is 2.37. The summed E-state index contributed by atoms with van der Waals surface area (Å²) in [6, 6.07) is -0.717. The maximum Gasteiger partial charge on any atom is 0.326 e. The number of piperidine rings is 1. The highest BCUT2D eigenvalue weighted by atomic mass is 16.4. The highest BCUT2D eigenvalue weighted by Gasteiger charge is 2.40. The van der Waals surface area contributed by atoms with Gasteiger partial charge in [0.2, 0.25) is 5.91 Å². The van der Waals surface area contributed by atoms with E-state index in [0.29, 0.717) is 25.3 Å². The second-order valence-corrected chi connectivity index (χ2v) is 5.42. The molecule has 1 saturated heterocycles. The molecule has 1 fully saturated rings. The van der Waals surface area contributed by atoms with Crippen LogP contribution in [0.15, 0.2) is 0 Å². The molecule has 0 aromatic rings. The Labute approximate surface area is 108 Å². The van der Waals surface area contributed by atoms with Crippen molar-refractivity contribution in [1.29, 1.82) is 0 Å². The van der Waals surface area contributed by atoms with Crippen LogP contribution in [-0.2, 0) is 9.59 Å². The number of carbonyl (C=O) groups is 2. The van der Waals surface area contributed by atoms with E-state index in [1.807, 2.05) is 6.92 Å². The quantitative estimate of drug-likeness (QED) is 0.792. The Balaban J connectivity index is 2.87. The lowest BCUT2D eigenvalue weighted by Crippen LogP contribution is -2.59. The van der Waals surface area contributed by atoms with E-state index in [9.17, 15) is 14.7 Å². The molecule has 3 N–H and O–H groups in total. The average molecular weight is 256 g/mol. The highest BCUT2D eigenvalue weighted by Crippen LogP contribution is 2.27. The minimum Gasteiger partial charge on any atom is -0.480 e. The van der Waals surface area contributed by atoms with Gasteiger partial charge in [0.15, 0.2) is 0 Å². The molecule has 1 rings (SSSR count). The lowest BCUT2D eigenvalue weighted by Gasteiger charge is -2.40. The van der Waals surface area contributed by atoms with Gasteiger partial charge in [-0.15, -0.1) is 0 Å². The molecule has 0 aliphatic carbocycles. The van der Waals surface area contributed by atoms with Crippen LogP contribution in [0.5, 0.6) is 0 Å². The van der Waals surface area contributed by atoms with Gasteiger partial charge in [-0.1, -0.05) is 20.3 Å². The SMILES string of the molecule is CCC1CCN(C(=O)C(C)(N)CC)C(C(=O)O)C1. The van der Waals surface area contributed by atoms with E-state index in [0.717, 1.165) is 12.8 Å². The van der Waals surface area contributed by atoms with Crippen LogP contribution in [-0.4, -0.2) is 40.0 Å². The zero-order valence-corrected chi connectivity index (χ0v) is 11.5. The monoisotopic (exact) mass is 256 g/mol. The Morgan fingerprint density at radius 1 is 1.44 bits per heavy atom. The molecule has 3 atom stereocenters. The molecule has 0 saturated carbocycles. The van der Waals surface area contributed by atoms with Gasteiger partial charge in [-0.3, -0.25) is 4.79 Å². The van der Waals surface area contributed by atoms with E-state index in [4.69, 9.17) is 5.73 Å². The third-order valence-electron chi connectivity index (χ3n) is 4.06. The van der Waals surface area contributed by atoms with Crippen LogP contribution in [0.3, 0.4) is 0 Å². The van der Waals surface area contributed by atoms with E-state index in [1.165, 1.54) is 4.90 Å². The topological polar surface area (TPSA) is 83.6 Å². The molecule has 1 aliphatic heterocycles. The molecule has 3 unspecified atom stereocenters. The lowest BCUT2D eigenvalue weighted by molar-refractivity contribution is -0.155. The standard InChI is InChI=1S/C13H24N2O3/c1-4-9-6-7-15(10(8-9)11(16)17)12(18)13(3,14)5-2/h9-10H,4-8,14H2,1-3H3,(H,16,17). The molecule has 5 heteroatoms. The molecule has 18 heavy (non-hydrogen) atoms. The molecule has 0 radical (unpaired) electrons. The molecule has 0 aromatic heterocycles. The summed E-state index contributed by atoms with van der Waals surface area (Å²) >= 11 is 0. The van der Waals surface area contributed by atoms with Crippen LogP contribution < -0.4 is 5.73 Å². The summed E-state index contributed by atoms with van der Waals surface area (Å²) in [5.41, 5.74) is 4.97. The van der Waals surface area contributed by atoms with E-state index in [2.05, 4.69) is 6.92 Å². The van der Waals surface area contributed by atoms with Crippen molar-refractivity contribution in [2.75, 3.05) is 6.54 Å². The van der Waals surface area contributed by atoms with E-state index < -0.39 is 17.6 Å². The number of hydrogen-bond donors (Lipinski definition) is 2. The zero-order chi connectivity index (χ0) is 13.9. The summed E-state index contributed by atoms with van der Waals surface area (Å²) in [6.07, 6.45) is 2.87. The first-order chi connectivity index (χ1) is 8.33. The number of likely N-dealkylation sites (tertiary alicyclic amines) is 1. The predicted molar refractivity (Wildman–Crippen MR) is 69.0 cm³/mol. The number of hydrogen-bond acceptors (Lipinski definition) is 3. The van der Waals surface area contributed by atoms with E-state index >= 15 is 0 Å². The smallest absolute Gasteiger partial charge is 0.326 e. The Bertz CT molecular complexity index is 328. The van der Waals surface area contributed by atoms with Crippen LogP contribution in [0.4, 0.5) is 0 Å². The largest absolute Gasteiger partial charge is 0.480 e. The van der Waals surface area contributed by atoms with Crippen LogP contribution in [0.25, 0.3) is 0 Å². The molecule has 1 aliphatic rings. The fourth-order valence-electron chi connectivity index (χ4n) is 2.37. The van der Waals surface area contributed by atoms with Crippen molar-refractivity contribution in [1.82, 2.24) is 4.90 Å². The second kappa shape index (κ2) is 5.69. The number of carboxylic acids is 1.